The molecule has 0 radical (unpaired) electrons. The van der Waals surface area contributed by atoms with Crippen molar-refractivity contribution in [3.05, 3.63) is 83.6 Å². The summed E-state index contributed by atoms with van der Waals surface area (Å²) in [5, 5.41) is 1.21. The number of hydrogen-bond donors (Lipinski definition) is 0. The van der Waals surface area contributed by atoms with Gasteiger partial charge in [0.2, 0.25) is 0 Å². The van der Waals surface area contributed by atoms with Crippen molar-refractivity contribution in [2.75, 3.05) is 0 Å². The molecule has 0 aliphatic heterocycles. The van der Waals surface area contributed by atoms with Crippen LogP contribution < -0.4 is 0 Å². The van der Waals surface area contributed by atoms with Gasteiger partial charge in [0.15, 0.2) is 0 Å². The van der Waals surface area contributed by atoms with E-state index in [1.54, 1.807) is 0 Å². The number of pyridine rings is 1. The third-order valence-corrected chi connectivity index (χ3v) is 4.48. The van der Waals surface area contributed by atoms with Gasteiger partial charge >= 0.3 is 0 Å². The standard InChI is InChI=1S/C23H23N/c1-5-11-18(6-2)23-17(4)22(19-13-8-7-12-16(19)3)20-14-9-10-15-21(20)24-23/h5-15H,1-4H3/b11-5-,18-6+. The smallest absolute Gasteiger partial charge is 0.0741 e. The Labute approximate surface area is 144 Å². The lowest BCUT2D eigenvalue weighted by Crippen LogP contribution is -1.98. The van der Waals surface area contributed by atoms with Crippen LogP contribution in [0.4, 0.5) is 0 Å². The van der Waals surface area contributed by atoms with Crippen LogP contribution in [0.15, 0.2) is 66.8 Å². The van der Waals surface area contributed by atoms with E-state index in [4.69, 9.17) is 4.98 Å². The number of nitrogens with zero attached hydrogens (tertiary/aromatic N) is 1. The molecule has 3 rings (SSSR count). The van der Waals surface area contributed by atoms with Crippen LogP contribution >= 0.6 is 0 Å². The summed E-state index contributed by atoms with van der Waals surface area (Å²) in [5.41, 5.74) is 8.36. The predicted molar refractivity (Wildman–Crippen MR) is 105 cm³/mol. The summed E-state index contributed by atoms with van der Waals surface area (Å²) in [7, 11) is 0. The second kappa shape index (κ2) is 6.84. The van der Waals surface area contributed by atoms with Gasteiger partial charge in [0.1, 0.15) is 0 Å². The Balaban J connectivity index is 2.43. The van der Waals surface area contributed by atoms with Gasteiger partial charge in [0, 0.05) is 5.39 Å². The molecule has 0 fully saturated rings. The normalized spacial score (nSPS) is 12.2. The molecule has 0 spiro atoms. The fourth-order valence-corrected chi connectivity index (χ4v) is 3.28. The molecule has 0 saturated heterocycles. The van der Waals surface area contributed by atoms with Crippen molar-refractivity contribution in [2.24, 2.45) is 0 Å². The molecule has 0 atom stereocenters. The first kappa shape index (κ1) is 16.2. The minimum absolute atomic E-state index is 1.04. The van der Waals surface area contributed by atoms with Crippen molar-refractivity contribution in [3.8, 4) is 11.1 Å². The summed E-state index contributed by atoms with van der Waals surface area (Å²) in [4.78, 5) is 4.96. The molecule has 3 aromatic rings. The summed E-state index contributed by atoms with van der Waals surface area (Å²) >= 11 is 0. The van der Waals surface area contributed by atoms with Gasteiger partial charge in [-0.25, -0.2) is 4.98 Å². The van der Waals surface area contributed by atoms with Gasteiger partial charge in [-0.1, -0.05) is 60.7 Å². The van der Waals surface area contributed by atoms with Crippen molar-refractivity contribution in [1.82, 2.24) is 4.98 Å². The maximum absolute atomic E-state index is 4.96. The molecule has 0 aliphatic rings. The van der Waals surface area contributed by atoms with Crippen LogP contribution in [0.3, 0.4) is 0 Å². The SMILES string of the molecule is C/C=C\C(=C/C)c1nc2ccccc2c(-c2ccccc2C)c1C. The van der Waals surface area contributed by atoms with Crippen molar-refractivity contribution < 1.29 is 0 Å². The quantitative estimate of drug-likeness (QED) is 0.503. The summed E-state index contributed by atoms with van der Waals surface area (Å²) in [6, 6.07) is 17.0. The average molecular weight is 313 g/mol. The second-order valence-electron chi connectivity index (χ2n) is 6.04. The van der Waals surface area contributed by atoms with Crippen molar-refractivity contribution >= 4 is 16.5 Å². The average Bonchev–Trinajstić information content (AvgIpc) is 2.60. The highest BCUT2D eigenvalue weighted by Crippen LogP contribution is 2.36. The molecule has 2 aromatic carbocycles. The molecule has 1 heteroatoms. The van der Waals surface area contributed by atoms with Crippen LogP contribution in [0.25, 0.3) is 27.6 Å². The zero-order valence-electron chi connectivity index (χ0n) is 14.8. The summed E-state index contributed by atoms with van der Waals surface area (Å²) in [6.45, 7) is 8.47. The number of aromatic nitrogens is 1. The molecule has 0 aliphatic carbocycles. The Morgan fingerprint density at radius 3 is 2.33 bits per heavy atom. The van der Waals surface area contributed by atoms with Crippen LogP contribution in [-0.4, -0.2) is 4.98 Å². The number of rotatable bonds is 3. The Hall–Kier alpha value is -2.67. The number of aryl methyl sites for hydroxylation is 1. The van der Waals surface area contributed by atoms with Gasteiger partial charge < -0.3 is 0 Å². The minimum atomic E-state index is 1.04. The van der Waals surface area contributed by atoms with Crippen molar-refractivity contribution in [2.45, 2.75) is 27.7 Å². The first-order valence-electron chi connectivity index (χ1n) is 8.42. The van der Waals surface area contributed by atoms with Crippen LogP contribution in [0, 0.1) is 13.8 Å². The number of fused-ring (bicyclic) bond motifs is 1. The summed E-state index contributed by atoms with van der Waals surface area (Å²) < 4.78 is 0. The highest BCUT2D eigenvalue weighted by molar-refractivity contribution is 5.99. The van der Waals surface area contributed by atoms with E-state index in [0.29, 0.717) is 0 Å². The van der Waals surface area contributed by atoms with Crippen LogP contribution in [-0.2, 0) is 0 Å². The van der Waals surface area contributed by atoms with E-state index >= 15 is 0 Å². The van der Waals surface area contributed by atoms with E-state index in [2.05, 4.69) is 87.5 Å². The third-order valence-electron chi connectivity index (χ3n) is 4.48. The molecule has 0 amide bonds. The van der Waals surface area contributed by atoms with Gasteiger partial charge in [-0.15, -0.1) is 0 Å². The summed E-state index contributed by atoms with van der Waals surface area (Å²) in [5.74, 6) is 0. The molecule has 1 nitrogen and oxygen atoms in total. The monoisotopic (exact) mass is 313 g/mol. The lowest BCUT2D eigenvalue weighted by atomic mass is 9.90. The van der Waals surface area contributed by atoms with Crippen LogP contribution in [0.1, 0.15) is 30.7 Å². The van der Waals surface area contributed by atoms with E-state index in [1.165, 1.54) is 27.6 Å². The van der Waals surface area contributed by atoms with E-state index in [-0.39, 0.29) is 0 Å². The summed E-state index contributed by atoms with van der Waals surface area (Å²) in [6.07, 6.45) is 6.33. The lowest BCUT2D eigenvalue weighted by Gasteiger charge is -2.17. The molecule has 0 saturated carbocycles. The maximum atomic E-state index is 4.96. The van der Waals surface area contributed by atoms with Crippen molar-refractivity contribution in [3.63, 3.8) is 0 Å². The Bertz CT molecular complexity index is 945. The van der Waals surface area contributed by atoms with E-state index in [1.807, 2.05) is 6.92 Å². The molecule has 0 bridgehead atoms. The zero-order chi connectivity index (χ0) is 17.1. The topological polar surface area (TPSA) is 12.9 Å². The fraction of sp³-hybridized carbons (Fsp3) is 0.174. The molecule has 24 heavy (non-hydrogen) atoms. The van der Waals surface area contributed by atoms with E-state index < -0.39 is 0 Å². The first-order valence-corrected chi connectivity index (χ1v) is 8.42. The van der Waals surface area contributed by atoms with E-state index in [0.717, 1.165) is 16.8 Å². The zero-order valence-corrected chi connectivity index (χ0v) is 14.8. The van der Waals surface area contributed by atoms with E-state index in [9.17, 15) is 0 Å². The lowest BCUT2D eigenvalue weighted by molar-refractivity contribution is 1.27. The maximum Gasteiger partial charge on any atom is 0.0741 e. The highest BCUT2D eigenvalue weighted by Gasteiger charge is 2.15. The third kappa shape index (κ3) is 2.78. The largest absolute Gasteiger partial charge is 0.247 e. The minimum Gasteiger partial charge on any atom is -0.247 e. The molecular weight excluding hydrogens is 290 g/mol. The van der Waals surface area contributed by atoms with Gasteiger partial charge in [-0.2, -0.15) is 0 Å². The second-order valence-corrected chi connectivity index (χ2v) is 6.04. The van der Waals surface area contributed by atoms with Gasteiger partial charge in [0.25, 0.3) is 0 Å². The number of allylic oxidation sites excluding steroid dienone is 4. The van der Waals surface area contributed by atoms with Crippen LogP contribution in [0.2, 0.25) is 0 Å². The molecular formula is C23H23N. The highest BCUT2D eigenvalue weighted by atomic mass is 14.7. The Morgan fingerprint density at radius 1 is 0.917 bits per heavy atom. The Kier molecular flexibility index (Phi) is 4.61. The molecule has 1 heterocycles. The molecule has 120 valence electrons. The first-order chi connectivity index (χ1) is 11.7. The van der Waals surface area contributed by atoms with Gasteiger partial charge in [-0.3, -0.25) is 0 Å². The van der Waals surface area contributed by atoms with Crippen molar-refractivity contribution in [1.29, 1.82) is 0 Å². The number of hydrogen-bond acceptors (Lipinski definition) is 1. The fourth-order valence-electron chi connectivity index (χ4n) is 3.28. The number of para-hydroxylation sites is 1. The molecule has 1 aromatic heterocycles. The Morgan fingerprint density at radius 2 is 1.62 bits per heavy atom. The molecule has 0 unspecified atom stereocenters. The number of benzene rings is 2. The van der Waals surface area contributed by atoms with Crippen LogP contribution in [0.5, 0.6) is 0 Å². The predicted octanol–water partition coefficient (Wildman–Crippen LogP) is 6.50. The van der Waals surface area contributed by atoms with Gasteiger partial charge in [0.05, 0.1) is 11.2 Å². The molecule has 0 N–H and O–H groups in total. The van der Waals surface area contributed by atoms with Gasteiger partial charge in [-0.05, 0) is 61.6 Å².